The van der Waals surface area contributed by atoms with Crippen LogP contribution in [0.15, 0.2) is 30.3 Å². The summed E-state index contributed by atoms with van der Waals surface area (Å²) >= 11 is 0. The Kier molecular flexibility index (Phi) is 5.07. The van der Waals surface area contributed by atoms with E-state index in [1.54, 1.807) is 4.31 Å². The zero-order chi connectivity index (χ0) is 15.5. The Bertz CT molecular complexity index is 555. The molecular weight excluding hydrogens is 284 g/mol. The van der Waals surface area contributed by atoms with Crippen LogP contribution in [-0.4, -0.2) is 37.6 Å². The summed E-state index contributed by atoms with van der Waals surface area (Å²) < 4.78 is 25.0. The van der Waals surface area contributed by atoms with Gasteiger partial charge in [0.1, 0.15) is 0 Å². The van der Waals surface area contributed by atoms with E-state index >= 15 is 0 Å². The third-order valence-corrected chi connectivity index (χ3v) is 5.43. The summed E-state index contributed by atoms with van der Waals surface area (Å²) in [7, 11) is -3.08. The molecule has 0 bridgehead atoms. The van der Waals surface area contributed by atoms with Gasteiger partial charge >= 0.3 is 0 Å². The third-order valence-electron chi connectivity index (χ3n) is 4.16. The number of hydrogen-bond donors (Lipinski definition) is 1. The Hall–Kier alpha value is -0.910. The van der Waals surface area contributed by atoms with Crippen molar-refractivity contribution in [1.82, 2.24) is 4.31 Å². The van der Waals surface area contributed by atoms with Crippen LogP contribution >= 0.6 is 0 Å². The fourth-order valence-electron chi connectivity index (χ4n) is 3.29. The van der Waals surface area contributed by atoms with E-state index in [2.05, 4.69) is 19.1 Å². The Labute approximate surface area is 128 Å². The van der Waals surface area contributed by atoms with E-state index < -0.39 is 10.0 Å². The predicted molar refractivity (Wildman–Crippen MR) is 86.5 cm³/mol. The topological polar surface area (TPSA) is 63.4 Å². The molecular formula is C16H26N2O2S. The molecule has 1 aromatic rings. The summed E-state index contributed by atoms with van der Waals surface area (Å²) in [5, 5.41) is 0. The lowest BCUT2D eigenvalue weighted by atomic mass is 9.82. The minimum absolute atomic E-state index is 0.299. The molecule has 0 amide bonds. The van der Waals surface area contributed by atoms with Crippen LogP contribution in [0.5, 0.6) is 0 Å². The quantitative estimate of drug-likeness (QED) is 0.905. The Balaban J connectivity index is 1.96. The van der Waals surface area contributed by atoms with Gasteiger partial charge in [0, 0.05) is 18.6 Å². The minimum Gasteiger partial charge on any atom is -0.325 e. The van der Waals surface area contributed by atoms with Crippen molar-refractivity contribution in [3.63, 3.8) is 0 Å². The molecule has 2 unspecified atom stereocenters. The van der Waals surface area contributed by atoms with Crippen LogP contribution in [0.25, 0.3) is 0 Å². The fourth-order valence-corrected chi connectivity index (χ4v) is 4.23. The Morgan fingerprint density at radius 1 is 1.33 bits per heavy atom. The van der Waals surface area contributed by atoms with Crippen molar-refractivity contribution in [3.8, 4) is 0 Å². The molecule has 118 valence electrons. The summed E-state index contributed by atoms with van der Waals surface area (Å²) in [5.74, 6) is 0.354. The van der Waals surface area contributed by atoms with Crippen LogP contribution < -0.4 is 5.73 Å². The number of rotatable bonds is 5. The van der Waals surface area contributed by atoms with E-state index in [-0.39, 0.29) is 5.54 Å². The molecule has 1 heterocycles. The second kappa shape index (κ2) is 6.46. The lowest BCUT2D eigenvalue weighted by molar-refractivity contribution is 0.220. The second-order valence-corrected chi connectivity index (χ2v) is 8.63. The first-order valence-electron chi connectivity index (χ1n) is 7.54. The maximum absolute atomic E-state index is 11.7. The van der Waals surface area contributed by atoms with Gasteiger partial charge in [0.05, 0.1) is 6.26 Å². The molecule has 2 rings (SSSR count). The molecule has 1 saturated heterocycles. The van der Waals surface area contributed by atoms with E-state index in [9.17, 15) is 8.42 Å². The molecule has 0 radical (unpaired) electrons. The van der Waals surface area contributed by atoms with Crippen molar-refractivity contribution in [2.45, 2.75) is 38.1 Å². The number of nitrogens with two attached hydrogens (primary N) is 1. The van der Waals surface area contributed by atoms with E-state index in [0.29, 0.717) is 19.0 Å². The van der Waals surface area contributed by atoms with Gasteiger partial charge in [-0.2, -0.15) is 0 Å². The van der Waals surface area contributed by atoms with Crippen LogP contribution in [0, 0.1) is 5.92 Å². The van der Waals surface area contributed by atoms with Gasteiger partial charge in [-0.25, -0.2) is 12.7 Å². The number of hydrogen-bond acceptors (Lipinski definition) is 3. The lowest BCUT2D eigenvalue weighted by Crippen LogP contribution is -2.46. The van der Waals surface area contributed by atoms with Crippen LogP contribution in [0.3, 0.4) is 0 Å². The lowest BCUT2D eigenvalue weighted by Gasteiger charge is -2.36. The molecule has 2 atom stereocenters. The first kappa shape index (κ1) is 16.5. The summed E-state index contributed by atoms with van der Waals surface area (Å²) in [6, 6.07) is 10.2. The standard InChI is InChI=1S/C16H26N2O2S/c1-16(17,11-14-7-4-3-5-8-14)12-15-9-6-10-18(13-15)21(2,19)20/h3-5,7-8,15H,6,9-13,17H2,1-2H3. The third kappa shape index (κ3) is 5.09. The molecule has 1 aliphatic heterocycles. The molecule has 0 aromatic heterocycles. The molecule has 1 fully saturated rings. The molecule has 0 spiro atoms. The number of piperidine rings is 1. The van der Waals surface area contributed by atoms with Gasteiger partial charge in [0.2, 0.25) is 10.0 Å². The highest BCUT2D eigenvalue weighted by molar-refractivity contribution is 7.88. The molecule has 0 aliphatic carbocycles. The van der Waals surface area contributed by atoms with Crippen LogP contribution in [0.1, 0.15) is 31.7 Å². The number of nitrogens with zero attached hydrogens (tertiary/aromatic N) is 1. The predicted octanol–water partition coefficient (Wildman–Crippen LogP) is 2.01. The smallest absolute Gasteiger partial charge is 0.211 e. The maximum Gasteiger partial charge on any atom is 0.211 e. The molecule has 1 aromatic carbocycles. The van der Waals surface area contributed by atoms with Gasteiger partial charge in [0.15, 0.2) is 0 Å². The largest absolute Gasteiger partial charge is 0.325 e. The van der Waals surface area contributed by atoms with Gasteiger partial charge in [-0.05, 0) is 44.1 Å². The van der Waals surface area contributed by atoms with Crippen molar-refractivity contribution >= 4 is 10.0 Å². The first-order chi connectivity index (χ1) is 9.76. The number of benzene rings is 1. The minimum atomic E-state index is -3.08. The first-order valence-corrected chi connectivity index (χ1v) is 9.39. The normalized spacial score (nSPS) is 23.7. The molecule has 1 aliphatic rings. The van der Waals surface area contributed by atoms with Crippen LogP contribution in [-0.2, 0) is 16.4 Å². The fraction of sp³-hybridized carbons (Fsp3) is 0.625. The van der Waals surface area contributed by atoms with Crippen molar-refractivity contribution < 1.29 is 8.42 Å². The molecule has 0 saturated carbocycles. The summed E-state index contributed by atoms with van der Waals surface area (Å²) in [6.45, 7) is 3.33. The molecule has 21 heavy (non-hydrogen) atoms. The Morgan fingerprint density at radius 2 is 2.00 bits per heavy atom. The van der Waals surface area contributed by atoms with E-state index in [1.807, 2.05) is 18.2 Å². The zero-order valence-electron chi connectivity index (χ0n) is 13.0. The van der Waals surface area contributed by atoms with Gasteiger partial charge in [0.25, 0.3) is 0 Å². The summed E-state index contributed by atoms with van der Waals surface area (Å²) in [6.07, 6.45) is 4.96. The van der Waals surface area contributed by atoms with Crippen molar-refractivity contribution in [2.75, 3.05) is 19.3 Å². The van der Waals surface area contributed by atoms with E-state index in [0.717, 1.165) is 25.7 Å². The molecule has 2 N–H and O–H groups in total. The highest BCUT2D eigenvalue weighted by atomic mass is 32.2. The Morgan fingerprint density at radius 3 is 2.62 bits per heavy atom. The van der Waals surface area contributed by atoms with Crippen LogP contribution in [0.4, 0.5) is 0 Å². The van der Waals surface area contributed by atoms with Crippen molar-refractivity contribution in [1.29, 1.82) is 0 Å². The van der Waals surface area contributed by atoms with Gasteiger partial charge in [-0.3, -0.25) is 0 Å². The monoisotopic (exact) mass is 310 g/mol. The van der Waals surface area contributed by atoms with Crippen molar-refractivity contribution in [2.24, 2.45) is 11.7 Å². The van der Waals surface area contributed by atoms with Gasteiger partial charge in [-0.15, -0.1) is 0 Å². The van der Waals surface area contributed by atoms with E-state index in [1.165, 1.54) is 11.8 Å². The highest BCUT2D eigenvalue weighted by Gasteiger charge is 2.30. The summed E-state index contributed by atoms with van der Waals surface area (Å²) in [4.78, 5) is 0. The average Bonchev–Trinajstić information content (AvgIpc) is 2.38. The zero-order valence-corrected chi connectivity index (χ0v) is 13.8. The van der Waals surface area contributed by atoms with Crippen LogP contribution in [0.2, 0.25) is 0 Å². The highest BCUT2D eigenvalue weighted by Crippen LogP contribution is 2.27. The van der Waals surface area contributed by atoms with Crippen molar-refractivity contribution in [3.05, 3.63) is 35.9 Å². The van der Waals surface area contributed by atoms with E-state index in [4.69, 9.17) is 5.73 Å². The maximum atomic E-state index is 11.7. The molecule has 5 heteroatoms. The van der Waals surface area contributed by atoms with Gasteiger partial charge in [-0.1, -0.05) is 30.3 Å². The number of sulfonamides is 1. The SMILES string of the molecule is CC(N)(Cc1ccccc1)CC1CCCN(S(C)(=O)=O)C1. The average molecular weight is 310 g/mol. The summed E-state index contributed by atoms with van der Waals surface area (Å²) in [5.41, 5.74) is 7.40. The van der Waals surface area contributed by atoms with Gasteiger partial charge < -0.3 is 5.73 Å². The molecule has 4 nitrogen and oxygen atoms in total. The second-order valence-electron chi connectivity index (χ2n) is 6.65.